The Morgan fingerprint density at radius 2 is 2.12 bits per heavy atom. The lowest BCUT2D eigenvalue weighted by molar-refractivity contribution is -0.140. The lowest BCUT2D eigenvalue weighted by atomic mass is 10.0. The molecule has 0 spiro atoms. The minimum atomic E-state index is -3.11. The molecule has 8 nitrogen and oxygen atoms in total. The van der Waals surface area contributed by atoms with Crippen LogP contribution in [0.1, 0.15) is 13.3 Å². The first-order valence-corrected chi connectivity index (χ1v) is 10.5. The largest absolute Gasteiger partial charge is 0.479 e. The van der Waals surface area contributed by atoms with Crippen LogP contribution in [0.25, 0.3) is 27.5 Å². The predicted molar refractivity (Wildman–Crippen MR) is 120 cm³/mol. The number of amides is 1. The van der Waals surface area contributed by atoms with E-state index in [0.717, 1.165) is 26.9 Å². The van der Waals surface area contributed by atoms with E-state index in [1.54, 1.807) is 16.9 Å². The van der Waals surface area contributed by atoms with Crippen molar-refractivity contribution in [3.63, 3.8) is 0 Å². The number of piperidine rings is 1. The number of nitrogens with zero attached hydrogens (tertiary/aromatic N) is 5. The van der Waals surface area contributed by atoms with E-state index in [-0.39, 0.29) is 30.7 Å². The Morgan fingerprint density at radius 3 is 2.88 bits per heavy atom. The average molecular weight is 452 g/mol. The van der Waals surface area contributed by atoms with Crippen LogP contribution in [0.5, 0.6) is 5.88 Å². The quantitative estimate of drug-likeness (QED) is 0.509. The van der Waals surface area contributed by atoms with Crippen molar-refractivity contribution in [3.8, 4) is 17.0 Å². The van der Waals surface area contributed by atoms with Crippen LogP contribution in [-0.4, -0.2) is 62.6 Å². The summed E-state index contributed by atoms with van der Waals surface area (Å²) in [5.41, 5.74) is 3.30. The first-order valence-electron chi connectivity index (χ1n) is 10.5. The normalized spacial score (nSPS) is 17.9. The number of hydrogen-bond acceptors (Lipinski definition) is 6. The number of alkyl halides is 2. The van der Waals surface area contributed by atoms with Crippen LogP contribution >= 0.6 is 0 Å². The van der Waals surface area contributed by atoms with E-state index in [1.165, 1.54) is 14.0 Å². The second-order valence-corrected chi connectivity index (χ2v) is 8.07. The molecule has 1 N–H and O–H groups in total. The van der Waals surface area contributed by atoms with E-state index >= 15 is 0 Å². The number of benzene rings is 1. The molecule has 1 amide bonds. The van der Waals surface area contributed by atoms with Gasteiger partial charge in [-0.3, -0.25) is 9.78 Å². The highest BCUT2D eigenvalue weighted by Gasteiger charge is 2.45. The predicted octanol–water partition coefficient (Wildman–Crippen LogP) is 3.62. The van der Waals surface area contributed by atoms with Crippen LogP contribution in [0.2, 0.25) is 0 Å². The van der Waals surface area contributed by atoms with Gasteiger partial charge in [-0.1, -0.05) is 12.1 Å². The summed E-state index contributed by atoms with van der Waals surface area (Å²) in [4.78, 5) is 21.4. The highest BCUT2D eigenvalue weighted by atomic mass is 19.3. The van der Waals surface area contributed by atoms with Crippen molar-refractivity contribution < 1.29 is 18.3 Å². The summed E-state index contributed by atoms with van der Waals surface area (Å²) >= 11 is 0. The van der Waals surface area contributed by atoms with E-state index in [1.807, 2.05) is 36.4 Å². The van der Waals surface area contributed by atoms with Gasteiger partial charge in [0, 0.05) is 36.8 Å². The Hall–Kier alpha value is -3.82. The van der Waals surface area contributed by atoms with Crippen LogP contribution < -0.4 is 10.1 Å². The summed E-state index contributed by atoms with van der Waals surface area (Å²) in [6.07, 6.45) is 3.57. The highest BCUT2D eigenvalue weighted by Crippen LogP contribution is 2.34. The molecule has 1 fully saturated rings. The summed E-state index contributed by atoms with van der Waals surface area (Å²) in [5, 5.41) is 8.14. The first kappa shape index (κ1) is 21.0. The first-order chi connectivity index (χ1) is 15.9. The molecule has 1 atom stereocenters. The second-order valence-electron chi connectivity index (χ2n) is 8.07. The number of carbonyl (C=O) groups is 1. The number of fused-ring (bicyclic) bond motifs is 2. The number of aromatic nitrogens is 4. The van der Waals surface area contributed by atoms with Crippen molar-refractivity contribution in [2.24, 2.45) is 0 Å². The van der Waals surface area contributed by atoms with Crippen molar-refractivity contribution in [2.75, 3.05) is 25.5 Å². The van der Waals surface area contributed by atoms with Crippen molar-refractivity contribution in [1.82, 2.24) is 24.5 Å². The van der Waals surface area contributed by atoms with Gasteiger partial charge in [-0.05, 0) is 36.2 Å². The summed E-state index contributed by atoms with van der Waals surface area (Å²) in [5.74, 6) is -3.18. The van der Waals surface area contributed by atoms with Crippen LogP contribution in [0.15, 0.2) is 48.8 Å². The van der Waals surface area contributed by atoms with Crippen LogP contribution in [0.3, 0.4) is 0 Å². The molecule has 0 radical (unpaired) electrons. The molecule has 4 aromatic rings. The maximum atomic E-state index is 14.7. The zero-order valence-corrected chi connectivity index (χ0v) is 18.1. The monoisotopic (exact) mass is 452 g/mol. The number of carbonyl (C=O) groups excluding carboxylic acids is 1. The summed E-state index contributed by atoms with van der Waals surface area (Å²) in [6, 6.07) is 10.5. The summed E-state index contributed by atoms with van der Waals surface area (Å²) in [7, 11) is 1.48. The third-order valence-electron chi connectivity index (χ3n) is 5.93. The standard InChI is InChI=1S/C23H22F2N6O2/c1-14(32)30-10-8-19(23(24,25)13-30)27-22-28-21(33-2)20-17(7-11-31(20)29-22)15-5-6-18-16(12-15)4-3-9-26-18/h3-7,9,11-12,19H,8,10,13H2,1-2H3,(H,27,29)/t19-/m1/s1. The topological polar surface area (TPSA) is 84.6 Å². The molecule has 1 aliphatic rings. The van der Waals surface area contributed by atoms with Gasteiger partial charge in [0.2, 0.25) is 17.7 Å². The number of nitrogens with one attached hydrogen (secondary N) is 1. The van der Waals surface area contributed by atoms with Crippen LogP contribution in [0.4, 0.5) is 14.7 Å². The molecule has 0 bridgehead atoms. The van der Waals surface area contributed by atoms with E-state index in [9.17, 15) is 13.6 Å². The molecule has 170 valence electrons. The second kappa shape index (κ2) is 7.95. The number of hydrogen-bond donors (Lipinski definition) is 1. The maximum absolute atomic E-state index is 14.7. The Balaban J connectivity index is 1.49. The molecule has 0 unspecified atom stereocenters. The van der Waals surface area contributed by atoms with Crippen LogP contribution in [0, 0.1) is 0 Å². The molecular weight excluding hydrogens is 430 g/mol. The third-order valence-corrected chi connectivity index (χ3v) is 5.93. The van der Waals surface area contributed by atoms with Gasteiger partial charge in [-0.2, -0.15) is 4.98 Å². The minimum absolute atomic E-state index is 0.0326. The van der Waals surface area contributed by atoms with Gasteiger partial charge < -0.3 is 15.0 Å². The molecule has 1 saturated heterocycles. The smallest absolute Gasteiger partial charge is 0.285 e. The van der Waals surface area contributed by atoms with Gasteiger partial charge in [0.25, 0.3) is 5.92 Å². The molecule has 5 rings (SSSR count). The molecule has 10 heteroatoms. The molecule has 4 heterocycles. The fraction of sp³-hybridized carbons (Fsp3) is 0.304. The number of pyridine rings is 1. The van der Waals surface area contributed by atoms with E-state index in [2.05, 4.69) is 20.4 Å². The van der Waals surface area contributed by atoms with E-state index < -0.39 is 18.5 Å². The minimum Gasteiger partial charge on any atom is -0.479 e. The molecular formula is C23H22F2N6O2. The van der Waals surface area contributed by atoms with Gasteiger partial charge in [0.1, 0.15) is 5.52 Å². The van der Waals surface area contributed by atoms with Gasteiger partial charge in [-0.25, -0.2) is 13.3 Å². The Bertz CT molecular complexity index is 1360. The van der Waals surface area contributed by atoms with Crippen molar-refractivity contribution in [1.29, 1.82) is 0 Å². The Labute approximate surface area is 188 Å². The fourth-order valence-electron chi connectivity index (χ4n) is 4.21. The molecule has 0 aliphatic carbocycles. The van der Waals surface area contributed by atoms with Gasteiger partial charge >= 0.3 is 0 Å². The van der Waals surface area contributed by atoms with Crippen LogP contribution in [-0.2, 0) is 4.79 Å². The number of anilines is 1. The molecule has 1 aliphatic heterocycles. The number of halogens is 2. The van der Waals surface area contributed by atoms with Gasteiger partial charge in [0.05, 0.1) is 25.2 Å². The molecule has 0 saturated carbocycles. The summed E-state index contributed by atoms with van der Waals surface area (Å²) < 4.78 is 36.4. The van der Waals surface area contributed by atoms with E-state index in [4.69, 9.17) is 4.74 Å². The Kier molecular flexibility index (Phi) is 5.07. The number of ether oxygens (including phenoxy) is 1. The van der Waals surface area contributed by atoms with Crippen molar-refractivity contribution in [2.45, 2.75) is 25.3 Å². The van der Waals surface area contributed by atoms with Gasteiger partial charge in [-0.15, -0.1) is 5.10 Å². The zero-order chi connectivity index (χ0) is 23.2. The Morgan fingerprint density at radius 1 is 1.27 bits per heavy atom. The SMILES string of the molecule is COc1nc(N[C@@H]2CCN(C(C)=O)CC2(F)F)nn2ccc(-c3ccc4ncccc4c3)c12. The molecule has 1 aromatic carbocycles. The zero-order valence-electron chi connectivity index (χ0n) is 18.1. The fourth-order valence-corrected chi connectivity index (χ4v) is 4.21. The van der Waals surface area contributed by atoms with Crippen molar-refractivity contribution in [3.05, 3.63) is 48.8 Å². The lowest BCUT2D eigenvalue weighted by Crippen LogP contribution is -2.55. The number of rotatable bonds is 4. The summed E-state index contributed by atoms with van der Waals surface area (Å²) in [6.45, 7) is 0.901. The number of methoxy groups -OCH3 is 1. The molecule has 33 heavy (non-hydrogen) atoms. The maximum Gasteiger partial charge on any atom is 0.285 e. The third kappa shape index (κ3) is 3.81. The lowest BCUT2D eigenvalue weighted by Gasteiger charge is -2.38. The van der Waals surface area contributed by atoms with Crippen molar-refractivity contribution >= 4 is 28.3 Å². The van der Waals surface area contributed by atoms with Gasteiger partial charge in [0.15, 0.2) is 0 Å². The average Bonchev–Trinajstić information content (AvgIpc) is 3.23. The number of likely N-dealkylation sites (tertiary alicyclic amines) is 1. The highest BCUT2D eigenvalue weighted by molar-refractivity contribution is 5.90. The molecule has 3 aromatic heterocycles. The van der Waals surface area contributed by atoms with E-state index in [0.29, 0.717) is 5.52 Å².